The zero-order chi connectivity index (χ0) is 21.4. The van der Waals surface area contributed by atoms with Gasteiger partial charge in [-0.25, -0.2) is 13.4 Å². The number of piperazine rings is 1. The number of nitrogens with zero attached hydrogens (tertiary/aromatic N) is 6. The number of aryl methyl sites for hydroxylation is 1. The van der Waals surface area contributed by atoms with E-state index in [2.05, 4.69) is 32.1 Å². The number of aromatic nitrogens is 4. The summed E-state index contributed by atoms with van der Waals surface area (Å²) in [6.45, 7) is 3.98. The lowest BCUT2D eigenvalue weighted by Crippen LogP contribution is -2.49. The predicted octanol–water partition coefficient (Wildman–Crippen LogP) is 2.60. The van der Waals surface area contributed by atoms with Gasteiger partial charge in [-0.2, -0.15) is 18.9 Å². The molecule has 1 aromatic carbocycles. The average molecular weight is 455 g/mol. The normalized spacial score (nSPS) is 15.6. The molecule has 4 heterocycles. The van der Waals surface area contributed by atoms with Gasteiger partial charge in [0.15, 0.2) is 0 Å². The van der Waals surface area contributed by atoms with E-state index in [9.17, 15) is 8.42 Å². The van der Waals surface area contributed by atoms with Crippen LogP contribution in [-0.4, -0.2) is 58.5 Å². The van der Waals surface area contributed by atoms with Gasteiger partial charge in [-0.3, -0.25) is 0 Å². The third-order valence-electron chi connectivity index (χ3n) is 5.56. The summed E-state index contributed by atoms with van der Waals surface area (Å²) >= 11 is 1.26. The Morgan fingerprint density at radius 1 is 1.03 bits per heavy atom. The van der Waals surface area contributed by atoms with Crippen LogP contribution >= 0.6 is 11.3 Å². The van der Waals surface area contributed by atoms with Crippen LogP contribution in [0.15, 0.2) is 58.4 Å². The van der Waals surface area contributed by atoms with Gasteiger partial charge in [-0.15, -0.1) is 11.3 Å². The fourth-order valence-electron chi connectivity index (χ4n) is 3.98. The van der Waals surface area contributed by atoms with Crippen LogP contribution in [0.1, 0.15) is 16.8 Å². The van der Waals surface area contributed by atoms with Crippen LogP contribution in [0.2, 0.25) is 0 Å². The van der Waals surface area contributed by atoms with Crippen LogP contribution in [-0.2, 0) is 16.4 Å². The highest BCUT2D eigenvalue weighted by Crippen LogP contribution is 2.29. The average Bonchev–Trinajstić information content (AvgIpc) is 3.48. The van der Waals surface area contributed by atoms with E-state index in [1.54, 1.807) is 26.3 Å². The summed E-state index contributed by atoms with van der Waals surface area (Å²) in [7, 11) is -3.44. The molecule has 1 aliphatic rings. The molecule has 3 aromatic heterocycles. The number of hydrogen-bond donors (Lipinski definition) is 0. The van der Waals surface area contributed by atoms with Gasteiger partial charge in [0.25, 0.3) is 15.8 Å². The molecule has 10 heteroatoms. The minimum Gasteiger partial charge on any atom is -0.354 e. The molecule has 0 atom stereocenters. The maximum absolute atomic E-state index is 12.9. The molecule has 1 fully saturated rings. The maximum atomic E-state index is 12.9. The van der Waals surface area contributed by atoms with E-state index in [4.69, 9.17) is 0 Å². The van der Waals surface area contributed by atoms with Gasteiger partial charge in [0.05, 0.1) is 0 Å². The Morgan fingerprint density at radius 2 is 1.81 bits per heavy atom. The monoisotopic (exact) mass is 454 g/mol. The summed E-state index contributed by atoms with van der Waals surface area (Å²) in [6.07, 6.45) is 2.23. The first-order valence-electron chi connectivity index (χ1n) is 10.1. The smallest absolute Gasteiger partial charge is 0.254 e. The molecular weight excluding hydrogens is 432 g/mol. The number of rotatable bonds is 5. The van der Waals surface area contributed by atoms with E-state index < -0.39 is 10.0 Å². The van der Waals surface area contributed by atoms with Crippen molar-refractivity contribution >= 4 is 33.0 Å². The number of hydrogen-bond acceptors (Lipinski definition) is 7. The summed E-state index contributed by atoms with van der Waals surface area (Å²) in [5.74, 6) is 1.50. The van der Waals surface area contributed by atoms with Gasteiger partial charge >= 0.3 is 0 Å². The van der Waals surface area contributed by atoms with Crippen LogP contribution in [0, 0.1) is 6.92 Å². The first-order chi connectivity index (χ1) is 15.0. The van der Waals surface area contributed by atoms with Gasteiger partial charge in [0.2, 0.25) is 0 Å². The lowest BCUT2D eigenvalue weighted by Gasteiger charge is -2.36. The summed E-state index contributed by atoms with van der Waals surface area (Å²) in [4.78, 5) is 11.1. The van der Waals surface area contributed by atoms with Gasteiger partial charge < -0.3 is 4.90 Å². The molecule has 0 bridgehead atoms. The Bertz CT molecular complexity index is 1290. The molecule has 0 saturated carbocycles. The third-order valence-corrected chi connectivity index (χ3v) is 8.83. The number of fused-ring (bicyclic) bond motifs is 1. The molecular formula is C21H22N6O2S2. The van der Waals surface area contributed by atoms with E-state index in [1.165, 1.54) is 23.2 Å². The first-order valence-corrected chi connectivity index (χ1v) is 12.4. The standard InChI is InChI=1S/C21H22N6O2S2/c1-16-18(14-17-6-3-2-4-7-17)20(27-21(24-16)22-15-23-27)25-9-11-26(12-10-25)31(28,29)19-8-5-13-30-19/h2-8,13,15H,9-12,14H2,1H3. The molecule has 5 rings (SSSR count). The lowest BCUT2D eigenvalue weighted by molar-refractivity contribution is 0.383. The maximum Gasteiger partial charge on any atom is 0.254 e. The molecule has 8 nitrogen and oxygen atoms in total. The van der Waals surface area contributed by atoms with Crippen molar-refractivity contribution in [2.45, 2.75) is 17.6 Å². The predicted molar refractivity (Wildman–Crippen MR) is 120 cm³/mol. The highest BCUT2D eigenvalue weighted by atomic mass is 32.2. The second-order valence-corrected chi connectivity index (χ2v) is 10.6. The molecule has 1 aliphatic heterocycles. The zero-order valence-corrected chi connectivity index (χ0v) is 18.7. The van der Waals surface area contributed by atoms with Crippen LogP contribution in [0.4, 0.5) is 5.82 Å². The van der Waals surface area contributed by atoms with Crippen molar-refractivity contribution in [3.05, 3.63) is 71.0 Å². The van der Waals surface area contributed by atoms with E-state index in [1.807, 2.05) is 25.1 Å². The minimum atomic E-state index is -3.44. The Morgan fingerprint density at radius 3 is 2.52 bits per heavy atom. The van der Waals surface area contributed by atoms with Crippen molar-refractivity contribution in [3.8, 4) is 0 Å². The van der Waals surface area contributed by atoms with Crippen molar-refractivity contribution in [2.75, 3.05) is 31.1 Å². The summed E-state index contributed by atoms with van der Waals surface area (Å²) in [5, 5.41) is 6.21. The number of thiophene rings is 1. The summed E-state index contributed by atoms with van der Waals surface area (Å²) in [6, 6.07) is 13.7. The second-order valence-electron chi connectivity index (χ2n) is 7.46. The topological polar surface area (TPSA) is 83.7 Å². The van der Waals surface area contributed by atoms with Crippen LogP contribution < -0.4 is 4.90 Å². The number of sulfonamides is 1. The lowest BCUT2D eigenvalue weighted by atomic mass is 10.0. The van der Waals surface area contributed by atoms with Crippen LogP contribution in [0.3, 0.4) is 0 Å². The summed E-state index contributed by atoms with van der Waals surface area (Å²) in [5.41, 5.74) is 3.18. The Balaban J connectivity index is 1.48. The molecule has 0 unspecified atom stereocenters. The zero-order valence-electron chi connectivity index (χ0n) is 17.0. The molecule has 0 spiro atoms. The fourth-order valence-corrected chi connectivity index (χ4v) is 6.54. The number of benzene rings is 1. The molecule has 0 amide bonds. The fraction of sp³-hybridized carbons (Fsp3) is 0.286. The van der Waals surface area contributed by atoms with Crippen molar-refractivity contribution in [1.82, 2.24) is 23.9 Å². The molecule has 160 valence electrons. The van der Waals surface area contributed by atoms with Crippen LogP contribution in [0.5, 0.6) is 0 Å². The Hall–Kier alpha value is -2.82. The van der Waals surface area contributed by atoms with E-state index >= 15 is 0 Å². The molecule has 4 aromatic rings. The van der Waals surface area contributed by atoms with E-state index in [-0.39, 0.29) is 0 Å². The van der Waals surface area contributed by atoms with Gasteiger partial charge in [0, 0.05) is 43.9 Å². The molecule has 1 saturated heterocycles. The van der Waals surface area contributed by atoms with Crippen LogP contribution in [0.25, 0.3) is 5.78 Å². The summed E-state index contributed by atoms with van der Waals surface area (Å²) < 4.78 is 29.5. The van der Waals surface area contributed by atoms with Gasteiger partial charge in [-0.05, 0) is 23.9 Å². The quantitative estimate of drug-likeness (QED) is 0.461. The van der Waals surface area contributed by atoms with Crippen molar-refractivity contribution in [2.24, 2.45) is 0 Å². The minimum absolute atomic E-state index is 0.393. The van der Waals surface area contributed by atoms with E-state index in [0.29, 0.717) is 36.2 Å². The molecule has 31 heavy (non-hydrogen) atoms. The SMILES string of the molecule is Cc1nc2ncnn2c(N2CCN(S(=O)(=O)c3cccs3)CC2)c1Cc1ccccc1. The van der Waals surface area contributed by atoms with Gasteiger partial charge in [-0.1, -0.05) is 36.4 Å². The van der Waals surface area contributed by atoms with Crippen molar-refractivity contribution < 1.29 is 8.42 Å². The van der Waals surface area contributed by atoms with Crippen molar-refractivity contribution in [3.63, 3.8) is 0 Å². The first kappa shape index (κ1) is 20.1. The highest BCUT2D eigenvalue weighted by molar-refractivity contribution is 7.91. The van der Waals surface area contributed by atoms with Crippen molar-refractivity contribution in [1.29, 1.82) is 0 Å². The molecule has 0 radical (unpaired) electrons. The molecule has 0 N–H and O–H groups in total. The third kappa shape index (κ3) is 3.71. The van der Waals surface area contributed by atoms with E-state index in [0.717, 1.165) is 23.5 Å². The highest BCUT2D eigenvalue weighted by Gasteiger charge is 2.31. The number of anilines is 1. The Labute approximate surface area is 184 Å². The van der Waals surface area contributed by atoms with Gasteiger partial charge in [0.1, 0.15) is 16.4 Å². The molecule has 0 aliphatic carbocycles. The largest absolute Gasteiger partial charge is 0.354 e. The second kappa shape index (κ2) is 8.03. The Kier molecular flexibility index (Phi) is 5.20.